The fraction of sp³-hybridized carbons (Fsp3) is 0.462. The number of hydrogen-bond donors (Lipinski definition) is 1. The molecule has 1 N–H and O–H groups in total. The first-order valence-electron chi connectivity index (χ1n) is 5.95. The van der Waals surface area contributed by atoms with E-state index in [-0.39, 0.29) is 0 Å². The first kappa shape index (κ1) is 11.9. The molecule has 0 spiro atoms. The van der Waals surface area contributed by atoms with Gasteiger partial charge < -0.3 is 9.73 Å². The highest BCUT2D eigenvalue weighted by molar-refractivity contribution is 5.18. The van der Waals surface area contributed by atoms with E-state index in [9.17, 15) is 0 Å². The van der Waals surface area contributed by atoms with Crippen LogP contribution in [-0.4, -0.2) is 9.78 Å². The average Bonchev–Trinajstić information content (AvgIpc) is 2.86. The number of aromatic nitrogens is 2. The molecule has 0 aromatic carbocycles. The molecule has 2 heterocycles. The molecule has 0 amide bonds. The maximum absolute atomic E-state index is 5.38. The molecule has 4 nitrogen and oxygen atoms in total. The van der Waals surface area contributed by atoms with E-state index in [4.69, 9.17) is 4.42 Å². The molecule has 0 saturated heterocycles. The van der Waals surface area contributed by atoms with Crippen molar-refractivity contribution in [3.8, 4) is 0 Å². The van der Waals surface area contributed by atoms with E-state index in [1.54, 1.807) is 6.26 Å². The van der Waals surface area contributed by atoms with Gasteiger partial charge in [-0.2, -0.15) is 5.10 Å². The van der Waals surface area contributed by atoms with Gasteiger partial charge in [0.1, 0.15) is 5.76 Å². The third-order valence-corrected chi connectivity index (χ3v) is 2.90. The Morgan fingerprint density at radius 1 is 1.41 bits per heavy atom. The van der Waals surface area contributed by atoms with Crippen LogP contribution in [0, 0.1) is 6.92 Å². The van der Waals surface area contributed by atoms with Crippen LogP contribution < -0.4 is 5.32 Å². The second kappa shape index (κ2) is 5.19. The lowest BCUT2D eigenvalue weighted by Crippen LogP contribution is -2.13. The minimum atomic E-state index is 0.761. The fourth-order valence-electron chi connectivity index (χ4n) is 1.92. The Morgan fingerprint density at radius 3 is 2.88 bits per heavy atom. The smallest absolute Gasteiger partial charge is 0.120 e. The molecule has 0 bridgehead atoms. The van der Waals surface area contributed by atoms with Crippen LogP contribution in [0.25, 0.3) is 0 Å². The maximum atomic E-state index is 5.38. The third-order valence-electron chi connectivity index (χ3n) is 2.90. The van der Waals surface area contributed by atoms with Gasteiger partial charge >= 0.3 is 0 Å². The van der Waals surface area contributed by atoms with Gasteiger partial charge in [0.15, 0.2) is 0 Å². The van der Waals surface area contributed by atoms with Crippen LogP contribution in [0.15, 0.2) is 22.9 Å². The predicted octanol–water partition coefficient (Wildman–Crippen LogP) is 2.17. The lowest BCUT2D eigenvalue weighted by atomic mass is 10.2. The zero-order valence-electron chi connectivity index (χ0n) is 10.7. The van der Waals surface area contributed by atoms with Crippen LogP contribution in [0.3, 0.4) is 0 Å². The largest absolute Gasteiger partial charge is 0.468 e. The van der Waals surface area contributed by atoms with Gasteiger partial charge in [-0.05, 0) is 25.0 Å². The summed E-state index contributed by atoms with van der Waals surface area (Å²) in [5, 5.41) is 7.80. The van der Waals surface area contributed by atoms with Gasteiger partial charge in [0.05, 0.1) is 18.5 Å². The number of rotatable bonds is 5. The molecular weight excluding hydrogens is 214 g/mol. The fourth-order valence-corrected chi connectivity index (χ4v) is 1.92. The van der Waals surface area contributed by atoms with Crippen LogP contribution in [0.2, 0.25) is 0 Å². The second-order valence-corrected chi connectivity index (χ2v) is 4.26. The summed E-state index contributed by atoms with van der Waals surface area (Å²) in [7, 11) is 1.96. The number of aryl methyl sites for hydroxylation is 3. The Morgan fingerprint density at radius 2 is 2.24 bits per heavy atom. The monoisotopic (exact) mass is 233 g/mol. The van der Waals surface area contributed by atoms with Crippen molar-refractivity contribution in [2.45, 2.75) is 33.4 Å². The van der Waals surface area contributed by atoms with Crippen molar-refractivity contribution in [3.63, 3.8) is 0 Å². The van der Waals surface area contributed by atoms with Gasteiger partial charge in [-0.3, -0.25) is 4.68 Å². The maximum Gasteiger partial charge on any atom is 0.120 e. The summed E-state index contributed by atoms with van der Waals surface area (Å²) >= 11 is 0. The van der Waals surface area contributed by atoms with Crippen molar-refractivity contribution in [2.75, 3.05) is 0 Å². The topological polar surface area (TPSA) is 43.0 Å². The molecular formula is C13H19N3O. The quantitative estimate of drug-likeness (QED) is 0.860. The standard InChI is InChI=1S/C13H19N3O/c1-4-12-11(9-16(3)15-12)7-14-8-13-10(2)5-6-17-13/h5-6,9,14H,4,7-8H2,1-3H3. The lowest BCUT2D eigenvalue weighted by molar-refractivity contribution is 0.480. The molecule has 0 aliphatic heterocycles. The summed E-state index contributed by atoms with van der Waals surface area (Å²) < 4.78 is 7.25. The molecule has 0 fully saturated rings. The van der Waals surface area contributed by atoms with Gasteiger partial charge in [0.2, 0.25) is 0 Å². The Bertz CT molecular complexity index is 485. The summed E-state index contributed by atoms with van der Waals surface area (Å²) in [6.45, 7) is 5.78. The van der Waals surface area contributed by atoms with Crippen molar-refractivity contribution in [2.24, 2.45) is 7.05 Å². The third kappa shape index (κ3) is 2.77. The lowest BCUT2D eigenvalue weighted by Gasteiger charge is -2.03. The molecule has 92 valence electrons. The first-order valence-corrected chi connectivity index (χ1v) is 5.95. The molecule has 0 radical (unpaired) electrons. The summed E-state index contributed by atoms with van der Waals surface area (Å²) in [5.74, 6) is 1.01. The average molecular weight is 233 g/mol. The Hall–Kier alpha value is -1.55. The first-order chi connectivity index (χ1) is 8.20. The molecule has 17 heavy (non-hydrogen) atoms. The summed E-state index contributed by atoms with van der Waals surface area (Å²) in [6, 6.07) is 1.98. The van der Waals surface area contributed by atoms with E-state index in [0.29, 0.717) is 0 Å². The van der Waals surface area contributed by atoms with Gasteiger partial charge in [-0.25, -0.2) is 0 Å². The van der Waals surface area contributed by atoms with Gasteiger partial charge in [0.25, 0.3) is 0 Å². The number of furan rings is 1. The Kier molecular flexibility index (Phi) is 3.64. The van der Waals surface area contributed by atoms with Crippen molar-refractivity contribution < 1.29 is 4.42 Å². The predicted molar refractivity (Wildman–Crippen MR) is 66.6 cm³/mol. The Labute approximate surface area is 102 Å². The normalized spacial score (nSPS) is 11.0. The molecule has 2 aromatic heterocycles. The second-order valence-electron chi connectivity index (χ2n) is 4.26. The highest BCUT2D eigenvalue weighted by Gasteiger charge is 2.06. The van der Waals surface area contributed by atoms with Gasteiger partial charge in [-0.15, -0.1) is 0 Å². The molecule has 4 heteroatoms. The van der Waals surface area contributed by atoms with Gasteiger partial charge in [0, 0.05) is 25.4 Å². The van der Waals surface area contributed by atoms with E-state index in [0.717, 1.165) is 31.0 Å². The summed E-state index contributed by atoms with van der Waals surface area (Å²) in [4.78, 5) is 0. The summed E-state index contributed by atoms with van der Waals surface area (Å²) in [5.41, 5.74) is 3.62. The van der Waals surface area contributed by atoms with Crippen LogP contribution in [-0.2, 0) is 26.6 Å². The van der Waals surface area contributed by atoms with Gasteiger partial charge in [-0.1, -0.05) is 6.92 Å². The molecule has 0 aliphatic carbocycles. The Balaban J connectivity index is 1.92. The van der Waals surface area contributed by atoms with E-state index in [1.165, 1.54) is 11.1 Å². The van der Waals surface area contributed by atoms with Crippen molar-refractivity contribution in [3.05, 3.63) is 41.1 Å². The van der Waals surface area contributed by atoms with Crippen molar-refractivity contribution >= 4 is 0 Å². The molecule has 0 unspecified atom stereocenters. The number of nitrogens with one attached hydrogen (secondary N) is 1. The number of nitrogens with zero attached hydrogens (tertiary/aromatic N) is 2. The van der Waals surface area contributed by atoms with Crippen LogP contribution in [0.1, 0.15) is 29.5 Å². The summed E-state index contributed by atoms with van der Waals surface area (Å²) in [6.07, 6.45) is 4.77. The molecule has 2 aromatic rings. The zero-order valence-corrected chi connectivity index (χ0v) is 10.7. The SMILES string of the molecule is CCc1nn(C)cc1CNCc1occc1C. The highest BCUT2D eigenvalue weighted by atomic mass is 16.3. The minimum absolute atomic E-state index is 0.761. The molecule has 2 rings (SSSR count). The zero-order chi connectivity index (χ0) is 12.3. The van der Waals surface area contributed by atoms with Crippen molar-refractivity contribution in [1.82, 2.24) is 15.1 Å². The minimum Gasteiger partial charge on any atom is -0.468 e. The van der Waals surface area contributed by atoms with Crippen molar-refractivity contribution in [1.29, 1.82) is 0 Å². The van der Waals surface area contributed by atoms with E-state index < -0.39 is 0 Å². The molecule has 0 aliphatic rings. The van der Waals surface area contributed by atoms with Crippen LogP contribution >= 0.6 is 0 Å². The van der Waals surface area contributed by atoms with E-state index >= 15 is 0 Å². The molecule has 0 saturated carbocycles. The number of hydrogen-bond acceptors (Lipinski definition) is 3. The van der Waals surface area contributed by atoms with Crippen LogP contribution in [0.4, 0.5) is 0 Å². The highest BCUT2D eigenvalue weighted by Crippen LogP contribution is 2.10. The molecule has 0 atom stereocenters. The van der Waals surface area contributed by atoms with E-state index in [2.05, 4.69) is 30.5 Å². The van der Waals surface area contributed by atoms with Crippen LogP contribution in [0.5, 0.6) is 0 Å². The van der Waals surface area contributed by atoms with E-state index in [1.807, 2.05) is 17.8 Å².